The minimum Gasteiger partial charge on any atom is -0.377 e. The lowest BCUT2D eigenvalue weighted by atomic mass is 10.1. The van der Waals surface area contributed by atoms with Gasteiger partial charge in [-0.1, -0.05) is 0 Å². The van der Waals surface area contributed by atoms with Gasteiger partial charge in [-0.2, -0.15) is 0 Å². The monoisotopic (exact) mass is 318 g/mol. The van der Waals surface area contributed by atoms with Crippen LogP contribution >= 0.6 is 27.3 Å². The number of halogens is 1. The summed E-state index contributed by atoms with van der Waals surface area (Å²) in [7, 11) is 2.15. The molecule has 1 saturated heterocycles. The Bertz CT molecular complexity index is 371. The first-order chi connectivity index (χ1) is 8.13. The lowest BCUT2D eigenvalue weighted by Gasteiger charge is -2.33. The topological polar surface area (TPSA) is 38.5 Å². The third-order valence-corrected chi connectivity index (χ3v) is 5.22. The summed E-state index contributed by atoms with van der Waals surface area (Å²) >= 11 is 5.27. The third-order valence-electron chi connectivity index (χ3n) is 3.50. The van der Waals surface area contributed by atoms with Crippen LogP contribution in [0.25, 0.3) is 0 Å². The molecule has 0 aromatic carbocycles. The fraction of sp³-hybridized carbons (Fsp3) is 0.667. The Hall–Kier alpha value is 0.0600. The number of thiophene rings is 1. The highest BCUT2D eigenvalue weighted by Crippen LogP contribution is 2.32. The van der Waals surface area contributed by atoms with Crippen molar-refractivity contribution in [3.63, 3.8) is 0 Å². The van der Waals surface area contributed by atoms with Crippen LogP contribution in [-0.2, 0) is 4.74 Å². The van der Waals surface area contributed by atoms with Crippen LogP contribution in [0.2, 0.25) is 0 Å². The highest BCUT2D eigenvalue weighted by molar-refractivity contribution is 9.11. The van der Waals surface area contributed by atoms with Gasteiger partial charge in [0.2, 0.25) is 0 Å². The van der Waals surface area contributed by atoms with Gasteiger partial charge in [0.1, 0.15) is 0 Å². The maximum Gasteiger partial charge on any atom is 0.0703 e. The Morgan fingerprint density at radius 2 is 2.41 bits per heavy atom. The van der Waals surface area contributed by atoms with Crippen molar-refractivity contribution in [3.8, 4) is 0 Å². The van der Waals surface area contributed by atoms with Crippen LogP contribution in [0.4, 0.5) is 0 Å². The van der Waals surface area contributed by atoms with Gasteiger partial charge in [-0.15, -0.1) is 11.3 Å². The number of hydrogen-bond donors (Lipinski definition) is 1. The molecule has 2 heterocycles. The van der Waals surface area contributed by atoms with Crippen LogP contribution in [0.1, 0.15) is 24.3 Å². The van der Waals surface area contributed by atoms with E-state index in [1.165, 1.54) is 4.88 Å². The lowest BCUT2D eigenvalue weighted by Crippen LogP contribution is -2.41. The van der Waals surface area contributed by atoms with Crippen molar-refractivity contribution in [2.45, 2.75) is 31.5 Å². The van der Waals surface area contributed by atoms with Gasteiger partial charge in [-0.25, -0.2) is 0 Å². The van der Waals surface area contributed by atoms with Crippen LogP contribution in [0.5, 0.6) is 0 Å². The molecular formula is C12H19BrN2OS. The van der Waals surface area contributed by atoms with Crippen molar-refractivity contribution >= 4 is 27.3 Å². The average molecular weight is 319 g/mol. The van der Waals surface area contributed by atoms with E-state index in [-0.39, 0.29) is 0 Å². The van der Waals surface area contributed by atoms with E-state index in [4.69, 9.17) is 10.5 Å². The Labute approximate surface area is 115 Å². The molecule has 0 amide bonds. The molecule has 0 bridgehead atoms. The van der Waals surface area contributed by atoms with E-state index in [0.717, 1.165) is 16.8 Å². The van der Waals surface area contributed by atoms with Gasteiger partial charge in [-0.3, -0.25) is 4.90 Å². The van der Waals surface area contributed by atoms with E-state index < -0.39 is 0 Å². The van der Waals surface area contributed by atoms with Gasteiger partial charge in [-0.05, 0) is 48.5 Å². The van der Waals surface area contributed by atoms with Gasteiger partial charge in [0.15, 0.2) is 0 Å². The van der Waals surface area contributed by atoms with Crippen LogP contribution in [0.3, 0.4) is 0 Å². The molecule has 1 aliphatic rings. The molecule has 1 fully saturated rings. The number of rotatable bonds is 4. The SMILES string of the molecule is CC1OCCC1N(C)C(CN)c1ccc(Br)s1. The van der Waals surface area contributed by atoms with Gasteiger partial charge in [0.25, 0.3) is 0 Å². The van der Waals surface area contributed by atoms with E-state index in [9.17, 15) is 0 Å². The summed E-state index contributed by atoms with van der Waals surface area (Å²) in [6.45, 7) is 3.65. The molecule has 3 atom stereocenters. The number of nitrogens with zero attached hydrogens (tertiary/aromatic N) is 1. The second kappa shape index (κ2) is 5.80. The van der Waals surface area contributed by atoms with Crippen LogP contribution in [-0.4, -0.2) is 37.2 Å². The smallest absolute Gasteiger partial charge is 0.0703 e. The van der Waals surface area contributed by atoms with Crippen LogP contribution in [0, 0.1) is 0 Å². The number of likely N-dealkylation sites (N-methyl/N-ethyl adjacent to an activating group) is 1. The first kappa shape index (κ1) is 13.5. The number of hydrogen-bond acceptors (Lipinski definition) is 4. The summed E-state index contributed by atoms with van der Waals surface area (Å²) in [6.07, 6.45) is 1.40. The molecule has 3 unspecified atom stereocenters. The molecule has 3 nitrogen and oxygen atoms in total. The standard InChI is InChI=1S/C12H19BrN2OS/c1-8-9(5-6-16-8)15(2)10(7-14)11-3-4-12(13)17-11/h3-4,8-10H,5-7,14H2,1-2H3. The molecule has 5 heteroatoms. The fourth-order valence-corrected chi connectivity index (χ4v) is 4.07. The first-order valence-corrected chi connectivity index (χ1v) is 7.53. The predicted octanol–water partition coefficient (Wildman–Crippen LogP) is 2.62. The maximum atomic E-state index is 5.94. The van der Waals surface area contributed by atoms with Crippen molar-refractivity contribution in [2.75, 3.05) is 20.2 Å². The predicted molar refractivity (Wildman–Crippen MR) is 75.4 cm³/mol. The van der Waals surface area contributed by atoms with Crippen molar-refractivity contribution in [1.29, 1.82) is 0 Å². The Balaban J connectivity index is 2.12. The van der Waals surface area contributed by atoms with Gasteiger partial charge in [0, 0.05) is 24.1 Å². The quantitative estimate of drug-likeness (QED) is 0.927. The fourth-order valence-electron chi connectivity index (χ4n) is 2.48. The van der Waals surface area contributed by atoms with Crippen molar-refractivity contribution in [1.82, 2.24) is 4.90 Å². The van der Waals surface area contributed by atoms with E-state index in [2.05, 4.69) is 46.9 Å². The minimum absolute atomic E-state index is 0.292. The summed E-state index contributed by atoms with van der Waals surface area (Å²) in [4.78, 5) is 3.69. The second-order valence-corrected chi connectivity index (χ2v) is 6.99. The Morgan fingerprint density at radius 1 is 1.65 bits per heavy atom. The number of nitrogens with two attached hydrogens (primary N) is 1. The van der Waals surface area contributed by atoms with Crippen molar-refractivity contribution in [3.05, 3.63) is 20.8 Å². The third kappa shape index (κ3) is 2.90. The van der Waals surface area contributed by atoms with Crippen molar-refractivity contribution < 1.29 is 4.74 Å². The van der Waals surface area contributed by atoms with Crippen LogP contribution < -0.4 is 5.73 Å². The summed E-state index contributed by atoms with van der Waals surface area (Å²) < 4.78 is 6.80. The lowest BCUT2D eigenvalue weighted by molar-refractivity contribution is 0.0692. The van der Waals surface area contributed by atoms with Gasteiger partial charge in [0.05, 0.1) is 15.9 Å². The molecule has 1 aromatic rings. The van der Waals surface area contributed by atoms with Crippen molar-refractivity contribution in [2.24, 2.45) is 5.73 Å². The summed E-state index contributed by atoms with van der Waals surface area (Å²) in [5.41, 5.74) is 5.94. The molecule has 1 aliphatic heterocycles. The Morgan fingerprint density at radius 3 is 2.88 bits per heavy atom. The largest absolute Gasteiger partial charge is 0.377 e. The van der Waals surface area contributed by atoms with Gasteiger partial charge >= 0.3 is 0 Å². The average Bonchev–Trinajstić information content (AvgIpc) is 2.88. The number of ether oxygens (including phenoxy) is 1. The molecule has 17 heavy (non-hydrogen) atoms. The molecule has 0 radical (unpaired) electrons. The normalized spacial score (nSPS) is 26.6. The summed E-state index contributed by atoms with van der Waals surface area (Å²) in [5.74, 6) is 0. The zero-order chi connectivity index (χ0) is 12.4. The summed E-state index contributed by atoms with van der Waals surface area (Å²) in [6, 6.07) is 5.01. The van der Waals surface area contributed by atoms with E-state index in [1.54, 1.807) is 11.3 Å². The second-order valence-electron chi connectivity index (χ2n) is 4.49. The molecule has 0 saturated carbocycles. The minimum atomic E-state index is 0.292. The molecule has 2 N–H and O–H groups in total. The summed E-state index contributed by atoms with van der Waals surface area (Å²) in [5, 5.41) is 0. The van der Waals surface area contributed by atoms with Crippen LogP contribution in [0.15, 0.2) is 15.9 Å². The maximum absolute atomic E-state index is 5.94. The molecule has 0 spiro atoms. The molecule has 2 rings (SSSR count). The van der Waals surface area contributed by atoms with E-state index in [0.29, 0.717) is 24.7 Å². The van der Waals surface area contributed by atoms with E-state index >= 15 is 0 Å². The molecule has 96 valence electrons. The Kier molecular flexibility index (Phi) is 4.60. The van der Waals surface area contributed by atoms with Gasteiger partial charge < -0.3 is 10.5 Å². The zero-order valence-corrected chi connectivity index (χ0v) is 12.6. The first-order valence-electron chi connectivity index (χ1n) is 5.92. The molecular weight excluding hydrogens is 300 g/mol. The zero-order valence-electron chi connectivity index (χ0n) is 10.2. The molecule has 0 aliphatic carbocycles. The van der Waals surface area contributed by atoms with E-state index in [1.807, 2.05) is 0 Å². The highest BCUT2D eigenvalue weighted by Gasteiger charge is 2.32. The molecule has 1 aromatic heterocycles. The highest BCUT2D eigenvalue weighted by atomic mass is 79.9.